The molecule has 0 aliphatic heterocycles. The van der Waals surface area contributed by atoms with Gasteiger partial charge in [-0.1, -0.05) is 30.3 Å². The third-order valence-corrected chi connectivity index (χ3v) is 4.30. The summed E-state index contributed by atoms with van der Waals surface area (Å²) in [5.41, 5.74) is 2.70. The molecule has 0 spiro atoms. The van der Waals surface area contributed by atoms with Gasteiger partial charge in [0.1, 0.15) is 0 Å². The lowest BCUT2D eigenvalue weighted by Crippen LogP contribution is -2.25. The minimum Gasteiger partial charge on any atom is -0.462 e. The van der Waals surface area contributed by atoms with Crippen LogP contribution >= 0.6 is 0 Å². The molecule has 0 amide bonds. The quantitative estimate of drug-likeness (QED) is 0.566. The van der Waals surface area contributed by atoms with E-state index in [4.69, 9.17) is 9.47 Å². The molecule has 1 heterocycles. The Bertz CT molecular complexity index is 823. The van der Waals surface area contributed by atoms with Crippen molar-refractivity contribution in [3.05, 3.63) is 58.4 Å². The van der Waals surface area contributed by atoms with Gasteiger partial charge in [0.2, 0.25) is 5.78 Å². The molecule has 6 nitrogen and oxygen atoms in total. The van der Waals surface area contributed by atoms with Crippen molar-refractivity contribution in [2.75, 3.05) is 6.61 Å². The first-order valence-electron chi connectivity index (χ1n) is 8.99. The highest BCUT2D eigenvalue weighted by Gasteiger charge is 2.27. The molecular formula is C21H25NO5. The molecule has 1 aromatic heterocycles. The maximum atomic E-state index is 12.7. The number of esters is 2. The number of aryl methyl sites for hydroxylation is 2. The van der Waals surface area contributed by atoms with E-state index < -0.39 is 18.0 Å². The average Bonchev–Trinajstić information content (AvgIpc) is 2.94. The van der Waals surface area contributed by atoms with Gasteiger partial charge < -0.3 is 14.5 Å². The number of carbonyl (C=O) groups excluding carboxylic acids is 3. The Balaban J connectivity index is 2.01. The second-order valence-electron chi connectivity index (χ2n) is 6.33. The van der Waals surface area contributed by atoms with Crippen LogP contribution in [-0.2, 0) is 20.7 Å². The molecule has 0 aliphatic rings. The van der Waals surface area contributed by atoms with Crippen molar-refractivity contribution in [2.24, 2.45) is 0 Å². The number of hydrogen-bond acceptors (Lipinski definition) is 5. The van der Waals surface area contributed by atoms with Crippen molar-refractivity contribution < 1.29 is 23.9 Å². The third-order valence-electron chi connectivity index (χ3n) is 4.30. The third kappa shape index (κ3) is 5.06. The fraction of sp³-hybridized carbons (Fsp3) is 0.381. The maximum Gasteiger partial charge on any atom is 0.340 e. The molecule has 6 heteroatoms. The number of rotatable bonds is 8. The molecule has 0 saturated heterocycles. The van der Waals surface area contributed by atoms with Crippen LogP contribution in [0.5, 0.6) is 0 Å². The van der Waals surface area contributed by atoms with Gasteiger partial charge in [0.05, 0.1) is 17.9 Å². The largest absolute Gasteiger partial charge is 0.462 e. The van der Waals surface area contributed by atoms with Gasteiger partial charge in [0.15, 0.2) is 6.10 Å². The molecule has 2 aromatic rings. The second kappa shape index (κ2) is 9.16. The van der Waals surface area contributed by atoms with Crippen LogP contribution < -0.4 is 0 Å². The normalized spacial score (nSPS) is 11.7. The predicted octanol–water partition coefficient (Wildman–Crippen LogP) is 3.56. The monoisotopic (exact) mass is 371 g/mol. The fourth-order valence-corrected chi connectivity index (χ4v) is 2.91. The van der Waals surface area contributed by atoms with Gasteiger partial charge in [-0.2, -0.15) is 0 Å². The van der Waals surface area contributed by atoms with E-state index in [1.807, 2.05) is 30.3 Å². The van der Waals surface area contributed by atoms with Crippen LogP contribution in [0.3, 0.4) is 0 Å². The summed E-state index contributed by atoms with van der Waals surface area (Å²) in [5.74, 6) is -1.29. The lowest BCUT2D eigenvalue weighted by atomic mass is 10.1. The van der Waals surface area contributed by atoms with Crippen molar-refractivity contribution >= 4 is 17.7 Å². The lowest BCUT2D eigenvalue weighted by molar-refractivity contribution is -0.146. The summed E-state index contributed by atoms with van der Waals surface area (Å²) in [6, 6.07) is 9.59. The number of Topliss-reactive ketones (excluding diaryl/α,β-unsaturated/α-hetero) is 1. The van der Waals surface area contributed by atoms with Gasteiger partial charge in [0, 0.05) is 12.1 Å². The van der Waals surface area contributed by atoms with Gasteiger partial charge in [-0.15, -0.1) is 0 Å². The Morgan fingerprint density at radius 3 is 2.41 bits per heavy atom. The van der Waals surface area contributed by atoms with Crippen molar-refractivity contribution in [2.45, 2.75) is 46.6 Å². The lowest BCUT2D eigenvalue weighted by Gasteiger charge is -2.12. The van der Waals surface area contributed by atoms with Crippen LogP contribution in [0.1, 0.15) is 57.9 Å². The average molecular weight is 371 g/mol. The highest BCUT2D eigenvalue weighted by atomic mass is 16.5. The smallest absolute Gasteiger partial charge is 0.340 e. The summed E-state index contributed by atoms with van der Waals surface area (Å²) in [5, 5.41) is 0. The van der Waals surface area contributed by atoms with E-state index in [1.165, 1.54) is 6.92 Å². The topological polar surface area (TPSA) is 85.5 Å². The van der Waals surface area contributed by atoms with Crippen LogP contribution in [0.15, 0.2) is 30.3 Å². The van der Waals surface area contributed by atoms with Crippen LogP contribution in [-0.4, -0.2) is 35.4 Å². The number of hydrogen-bond donors (Lipinski definition) is 1. The number of aromatic amines is 1. The second-order valence-corrected chi connectivity index (χ2v) is 6.33. The predicted molar refractivity (Wildman–Crippen MR) is 101 cm³/mol. The van der Waals surface area contributed by atoms with Crippen LogP contribution in [0, 0.1) is 13.8 Å². The molecule has 0 fully saturated rings. The summed E-state index contributed by atoms with van der Waals surface area (Å²) in [6.07, 6.45) is -0.202. The Labute approximate surface area is 158 Å². The summed E-state index contributed by atoms with van der Waals surface area (Å²) < 4.78 is 10.3. The van der Waals surface area contributed by atoms with E-state index in [9.17, 15) is 14.4 Å². The summed E-state index contributed by atoms with van der Waals surface area (Å²) in [7, 11) is 0. The van der Waals surface area contributed by atoms with Crippen molar-refractivity contribution in [1.82, 2.24) is 4.98 Å². The molecule has 0 radical (unpaired) electrons. The number of aromatic nitrogens is 1. The van der Waals surface area contributed by atoms with Gasteiger partial charge in [0.25, 0.3) is 0 Å². The summed E-state index contributed by atoms with van der Waals surface area (Å²) in [6.45, 7) is 6.88. The Hall–Kier alpha value is -2.89. The SMILES string of the molecule is CCOC(=O)c1c(C)[nH]c(C(=O)C(C)OC(=O)CCc2ccccc2)c1C. The Morgan fingerprint density at radius 2 is 1.78 bits per heavy atom. The molecule has 1 unspecified atom stereocenters. The highest BCUT2D eigenvalue weighted by molar-refractivity contribution is 6.03. The molecule has 0 saturated carbocycles. The zero-order chi connectivity index (χ0) is 20.0. The van der Waals surface area contributed by atoms with Gasteiger partial charge >= 0.3 is 11.9 Å². The van der Waals surface area contributed by atoms with Gasteiger partial charge in [-0.05, 0) is 45.2 Å². The van der Waals surface area contributed by atoms with Crippen molar-refractivity contribution in [1.29, 1.82) is 0 Å². The van der Waals surface area contributed by atoms with Gasteiger partial charge in [-0.25, -0.2) is 4.79 Å². The first-order chi connectivity index (χ1) is 12.8. The number of ketones is 1. The van der Waals surface area contributed by atoms with Gasteiger partial charge in [-0.3, -0.25) is 9.59 Å². The van der Waals surface area contributed by atoms with Crippen LogP contribution in [0.4, 0.5) is 0 Å². The zero-order valence-electron chi connectivity index (χ0n) is 16.1. The molecule has 1 N–H and O–H groups in total. The molecule has 1 aromatic carbocycles. The Kier molecular flexibility index (Phi) is 6.93. The van der Waals surface area contributed by atoms with E-state index >= 15 is 0 Å². The first kappa shape index (κ1) is 20.4. The van der Waals surface area contributed by atoms with Crippen molar-refractivity contribution in [3.8, 4) is 0 Å². The minimum atomic E-state index is -0.944. The standard InChI is InChI=1S/C21H25NO5/c1-5-26-21(25)18-13(2)19(22-14(18)3)20(24)15(4)27-17(23)12-11-16-9-7-6-8-10-16/h6-10,15,22H,5,11-12H2,1-4H3. The van der Waals surface area contributed by atoms with E-state index in [-0.39, 0.29) is 24.5 Å². The maximum absolute atomic E-state index is 12.7. The zero-order valence-corrected chi connectivity index (χ0v) is 16.1. The summed E-state index contributed by atoms with van der Waals surface area (Å²) >= 11 is 0. The molecular weight excluding hydrogens is 346 g/mol. The highest BCUT2D eigenvalue weighted by Crippen LogP contribution is 2.21. The van der Waals surface area contributed by atoms with E-state index in [0.717, 1.165) is 5.56 Å². The number of nitrogens with one attached hydrogen (secondary N) is 1. The number of ether oxygens (including phenoxy) is 2. The fourth-order valence-electron chi connectivity index (χ4n) is 2.91. The number of H-pyrrole nitrogens is 1. The summed E-state index contributed by atoms with van der Waals surface area (Å²) in [4.78, 5) is 39.7. The first-order valence-corrected chi connectivity index (χ1v) is 8.99. The molecule has 0 aliphatic carbocycles. The minimum absolute atomic E-state index is 0.193. The van der Waals surface area contributed by atoms with Crippen molar-refractivity contribution in [3.63, 3.8) is 0 Å². The molecule has 1 atom stereocenters. The number of benzene rings is 1. The van der Waals surface area contributed by atoms with Crippen LogP contribution in [0.2, 0.25) is 0 Å². The van der Waals surface area contributed by atoms with Crippen LogP contribution in [0.25, 0.3) is 0 Å². The molecule has 27 heavy (non-hydrogen) atoms. The molecule has 144 valence electrons. The van der Waals surface area contributed by atoms with E-state index in [1.54, 1.807) is 20.8 Å². The molecule has 0 bridgehead atoms. The van der Waals surface area contributed by atoms with E-state index in [0.29, 0.717) is 23.2 Å². The Morgan fingerprint density at radius 1 is 1.11 bits per heavy atom. The molecule has 2 rings (SSSR count). The number of carbonyl (C=O) groups is 3. The van der Waals surface area contributed by atoms with E-state index in [2.05, 4.69) is 4.98 Å².